The van der Waals surface area contributed by atoms with Gasteiger partial charge in [0.1, 0.15) is 17.4 Å². The van der Waals surface area contributed by atoms with Gasteiger partial charge in [-0.2, -0.15) is 0 Å². The third-order valence-corrected chi connectivity index (χ3v) is 4.82. The minimum Gasteiger partial charge on any atom is -0.493 e. The van der Waals surface area contributed by atoms with E-state index >= 15 is 0 Å². The van der Waals surface area contributed by atoms with E-state index in [-0.39, 0.29) is 12.4 Å². The van der Waals surface area contributed by atoms with Crippen molar-refractivity contribution in [3.63, 3.8) is 0 Å². The lowest BCUT2D eigenvalue weighted by molar-refractivity contribution is 0.0693. The number of benzene rings is 2. The molecule has 1 fully saturated rings. The number of nitrogens with zero attached hydrogens (tertiary/aromatic N) is 1. The van der Waals surface area contributed by atoms with Crippen molar-refractivity contribution < 1.29 is 18.6 Å². The maximum absolute atomic E-state index is 13.3. The molecule has 0 unspecified atom stereocenters. The summed E-state index contributed by atoms with van der Waals surface area (Å²) in [4.78, 5) is 2.78. The van der Waals surface area contributed by atoms with Crippen LogP contribution in [0.1, 0.15) is 11.1 Å². The highest BCUT2D eigenvalue weighted by molar-refractivity contribution is 7.80. The monoisotopic (exact) mass is 395 g/mol. The number of ether oxygens (including phenoxy) is 3. The van der Waals surface area contributed by atoms with Gasteiger partial charge in [0.15, 0.2) is 11.5 Å². The predicted octanol–water partition coefficient (Wildman–Crippen LogP) is 4.07. The fraction of sp³-hybridized carbons (Fsp3) is 0.316. The van der Waals surface area contributed by atoms with Crippen molar-refractivity contribution in [2.24, 2.45) is 0 Å². The first-order valence-corrected chi connectivity index (χ1v) is 8.99. The second kappa shape index (κ2) is 8.66. The summed E-state index contributed by atoms with van der Waals surface area (Å²) in [6, 6.07) is 9.80. The summed E-state index contributed by atoms with van der Waals surface area (Å²) in [5, 5.41) is 0.395. The van der Waals surface area contributed by atoms with E-state index in [1.807, 2.05) is 6.07 Å². The van der Waals surface area contributed by atoms with Crippen LogP contribution in [-0.4, -0.2) is 43.3 Å². The Morgan fingerprint density at radius 2 is 2.04 bits per heavy atom. The van der Waals surface area contributed by atoms with Crippen LogP contribution in [0.5, 0.6) is 11.5 Å². The van der Waals surface area contributed by atoms with Gasteiger partial charge >= 0.3 is 0 Å². The van der Waals surface area contributed by atoms with Crippen LogP contribution < -0.4 is 9.47 Å². The molecule has 0 amide bonds. The van der Waals surface area contributed by atoms with Crippen molar-refractivity contribution in [1.82, 2.24) is 4.90 Å². The topological polar surface area (TPSA) is 30.9 Å². The molecule has 7 heteroatoms. The molecule has 1 heterocycles. The van der Waals surface area contributed by atoms with Gasteiger partial charge in [0.2, 0.25) is 0 Å². The molecule has 0 N–H and O–H groups in total. The van der Waals surface area contributed by atoms with Crippen molar-refractivity contribution in [1.29, 1.82) is 0 Å². The predicted molar refractivity (Wildman–Crippen MR) is 103 cm³/mol. The molecule has 0 bridgehead atoms. The third kappa shape index (κ3) is 4.44. The summed E-state index contributed by atoms with van der Waals surface area (Å²) in [7, 11) is 1.54. The Kier molecular flexibility index (Phi) is 6.29. The summed E-state index contributed by atoms with van der Waals surface area (Å²) >= 11 is 12.0. The molecule has 1 aliphatic rings. The Balaban J connectivity index is 1.79. The quantitative estimate of drug-likeness (QED) is 0.712. The summed E-state index contributed by atoms with van der Waals surface area (Å²) in [6.45, 7) is 2.98. The second-order valence-corrected chi connectivity index (χ2v) is 6.61. The van der Waals surface area contributed by atoms with E-state index in [0.29, 0.717) is 40.3 Å². The van der Waals surface area contributed by atoms with Gasteiger partial charge in [-0.1, -0.05) is 36.0 Å². The molecule has 0 aliphatic carbocycles. The number of rotatable bonds is 5. The number of hydrogen-bond acceptors (Lipinski definition) is 4. The molecule has 0 aromatic heterocycles. The largest absolute Gasteiger partial charge is 0.493 e. The molecule has 138 valence electrons. The number of hydrogen-bond donors (Lipinski definition) is 0. The zero-order valence-electron chi connectivity index (χ0n) is 14.3. The number of methoxy groups -OCH3 is 1. The molecular formula is C19H19ClFNO3S. The Labute approximate surface area is 162 Å². The van der Waals surface area contributed by atoms with E-state index in [2.05, 4.69) is 4.90 Å². The van der Waals surface area contributed by atoms with Crippen LogP contribution in [0.2, 0.25) is 5.02 Å². The van der Waals surface area contributed by atoms with Gasteiger partial charge in [-0.05, 0) is 29.8 Å². The highest BCUT2D eigenvalue weighted by Gasteiger charge is 2.19. The van der Waals surface area contributed by atoms with Gasteiger partial charge in [0.05, 0.1) is 25.3 Å². The minimum atomic E-state index is -0.310. The van der Waals surface area contributed by atoms with Crippen LogP contribution in [-0.2, 0) is 11.3 Å². The maximum atomic E-state index is 13.3. The molecule has 0 atom stereocenters. The highest BCUT2D eigenvalue weighted by atomic mass is 35.5. The Morgan fingerprint density at radius 3 is 2.73 bits per heavy atom. The summed E-state index contributed by atoms with van der Waals surface area (Å²) in [5.41, 5.74) is 1.50. The first-order chi connectivity index (χ1) is 12.6. The van der Waals surface area contributed by atoms with Crippen LogP contribution >= 0.6 is 23.8 Å². The van der Waals surface area contributed by atoms with E-state index in [9.17, 15) is 4.39 Å². The first-order valence-electron chi connectivity index (χ1n) is 8.20. The van der Waals surface area contributed by atoms with Gasteiger partial charge in [-0.15, -0.1) is 0 Å². The first kappa shape index (κ1) is 18.9. The van der Waals surface area contributed by atoms with Crippen LogP contribution in [0.25, 0.3) is 0 Å². The molecular weight excluding hydrogens is 377 g/mol. The Morgan fingerprint density at radius 1 is 1.27 bits per heavy atom. The van der Waals surface area contributed by atoms with Crippen LogP contribution in [0, 0.1) is 5.82 Å². The van der Waals surface area contributed by atoms with Crippen molar-refractivity contribution in [3.8, 4) is 11.5 Å². The van der Waals surface area contributed by atoms with Crippen LogP contribution in [0.4, 0.5) is 4.39 Å². The Bertz CT molecular complexity index is 796. The van der Waals surface area contributed by atoms with Gasteiger partial charge in [-0.3, -0.25) is 0 Å². The van der Waals surface area contributed by atoms with Crippen LogP contribution in [0.15, 0.2) is 36.4 Å². The maximum Gasteiger partial charge on any atom is 0.180 e. The standard InChI is InChI=1S/C19H19ClFNO3S/c1-23-17-11-14(19(26)22-5-7-24-8-6-22)10-16(20)18(17)25-12-13-3-2-4-15(21)9-13/h2-4,9-11H,5-8,12H2,1H3. The van der Waals surface area contributed by atoms with Crippen molar-refractivity contribution >= 4 is 28.8 Å². The second-order valence-electron chi connectivity index (χ2n) is 5.81. The lowest BCUT2D eigenvalue weighted by atomic mass is 10.1. The summed E-state index contributed by atoms with van der Waals surface area (Å²) < 4.78 is 29.9. The average molecular weight is 396 g/mol. The van der Waals surface area contributed by atoms with Crippen molar-refractivity contribution in [2.75, 3.05) is 33.4 Å². The fourth-order valence-electron chi connectivity index (χ4n) is 2.71. The highest BCUT2D eigenvalue weighted by Crippen LogP contribution is 2.37. The minimum absolute atomic E-state index is 0.182. The SMILES string of the molecule is COc1cc(C(=S)N2CCOCC2)cc(Cl)c1OCc1cccc(F)c1. The van der Waals surface area contributed by atoms with E-state index in [0.717, 1.165) is 18.7 Å². The summed E-state index contributed by atoms with van der Waals surface area (Å²) in [5.74, 6) is 0.585. The molecule has 1 saturated heterocycles. The average Bonchev–Trinajstić information content (AvgIpc) is 2.66. The molecule has 1 aliphatic heterocycles. The lowest BCUT2D eigenvalue weighted by Crippen LogP contribution is -2.40. The molecule has 3 rings (SSSR count). The normalized spacial score (nSPS) is 14.2. The van der Waals surface area contributed by atoms with Gasteiger partial charge in [0, 0.05) is 18.7 Å². The summed E-state index contributed by atoms with van der Waals surface area (Å²) in [6.07, 6.45) is 0. The van der Waals surface area contributed by atoms with Gasteiger partial charge in [0.25, 0.3) is 0 Å². The molecule has 0 saturated carbocycles. The molecule has 0 radical (unpaired) electrons. The van der Waals surface area contributed by atoms with E-state index in [1.165, 1.54) is 12.1 Å². The zero-order valence-corrected chi connectivity index (χ0v) is 15.9. The smallest absolute Gasteiger partial charge is 0.180 e. The van der Waals surface area contributed by atoms with Crippen molar-refractivity contribution in [3.05, 3.63) is 58.4 Å². The van der Waals surface area contributed by atoms with Crippen LogP contribution in [0.3, 0.4) is 0 Å². The van der Waals surface area contributed by atoms with E-state index in [1.54, 1.807) is 25.3 Å². The fourth-order valence-corrected chi connectivity index (χ4v) is 3.28. The number of morpholine rings is 1. The third-order valence-electron chi connectivity index (χ3n) is 4.05. The van der Waals surface area contributed by atoms with E-state index < -0.39 is 0 Å². The molecule has 0 spiro atoms. The molecule has 26 heavy (non-hydrogen) atoms. The Hall–Kier alpha value is -1.89. The van der Waals surface area contributed by atoms with Gasteiger partial charge in [-0.25, -0.2) is 4.39 Å². The molecule has 2 aromatic carbocycles. The molecule has 4 nitrogen and oxygen atoms in total. The van der Waals surface area contributed by atoms with Crippen molar-refractivity contribution in [2.45, 2.75) is 6.61 Å². The van der Waals surface area contributed by atoms with E-state index in [4.69, 9.17) is 38.0 Å². The number of thiocarbonyl (C=S) groups is 1. The molecule has 2 aromatic rings. The number of halogens is 2. The van der Waals surface area contributed by atoms with Gasteiger partial charge < -0.3 is 19.1 Å². The lowest BCUT2D eigenvalue weighted by Gasteiger charge is -2.29. The zero-order chi connectivity index (χ0) is 18.5.